The van der Waals surface area contributed by atoms with Gasteiger partial charge in [-0.15, -0.1) is 0 Å². The van der Waals surface area contributed by atoms with Crippen LogP contribution in [0.3, 0.4) is 0 Å². The van der Waals surface area contributed by atoms with Crippen LogP contribution in [0.15, 0.2) is 28.7 Å². The maximum atomic E-state index is 4.72. The lowest BCUT2D eigenvalue weighted by molar-refractivity contribution is 0.434. The molecule has 3 rings (SSSR count). The lowest BCUT2D eigenvalue weighted by Crippen LogP contribution is -2.34. The molecule has 2 aromatic rings. The van der Waals surface area contributed by atoms with Gasteiger partial charge >= 0.3 is 0 Å². The Balaban J connectivity index is 1.81. The molecule has 0 radical (unpaired) electrons. The smallest absolute Gasteiger partial charge is 0.227 e. The maximum absolute atomic E-state index is 4.72. The second-order valence-electron chi connectivity index (χ2n) is 6.45. The summed E-state index contributed by atoms with van der Waals surface area (Å²) in [6.07, 6.45) is 2.43. The number of rotatable bonds is 3. The molecule has 5 heteroatoms. The third-order valence-electron chi connectivity index (χ3n) is 4.35. The minimum Gasteiger partial charge on any atom is -0.341 e. The third-order valence-corrected chi connectivity index (χ3v) is 5.21. The van der Waals surface area contributed by atoms with Gasteiger partial charge in [0.1, 0.15) is 5.82 Å². The number of benzene rings is 1. The molecule has 23 heavy (non-hydrogen) atoms. The topological polar surface area (TPSA) is 41.1 Å². The molecule has 0 saturated carbocycles. The normalized spacial score (nSPS) is 15.7. The van der Waals surface area contributed by atoms with Gasteiger partial charge < -0.3 is 10.2 Å². The molecule has 0 aliphatic carbocycles. The molecule has 2 heterocycles. The molecule has 0 unspecified atom stereocenters. The van der Waals surface area contributed by atoms with Crippen molar-refractivity contribution in [1.29, 1.82) is 0 Å². The summed E-state index contributed by atoms with van der Waals surface area (Å²) in [4.78, 5) is 11.6. The highest BCUT2D eigenvalue weighted by Gasteiger charge is 2.18. The summed E-state index contributed by atoms with van der Waals surface area (Å²) in [6, 6.07) is 8.23. The molecular formula is C18H23BrN4. The Morgan fingerprint density at radius 3 is 2.57 bits per heavy atom. The largest absolute Gasteiger partial charge is 0.341 e. The van der Waals surface area contributed by atoms with Gasteiger partial charge in [0.05, 0.1) is 0 Å². The van der Waals surface area contributed by atoms with Crippen LogP contribution in [0.2, 0.25) is 0 Å². The zero-order valence-corrected chi connectivity index (χ0v) is 15.5. The van der Waals surface area contributed by atoms with Crippen molar-refractivity contribution in [1.82, 2.24) is 9.97 Å². The Labute approximate surface area is 146 Å². The first kappa shape index (κ1) is 16.2. The maximum Gasteiger partial charge on any atom is 0.227 e. The molecule has 4 nitrogen and oxygen atoms in total. The van der Waals surface area contributed by atoms with Gasteiger partial charge in [0.25, 0.3) is 0 Å². The summed E-state index contributed by atoms with van der Waals surface area (Å²) in [5, 5.41) is 3.39. The summed E-state index contributed by atoms with van der Waals surface area (Å²) < 4.78 is 1.10. The highest BCUT2D eigenvalue weighted by atomic mass is 79.9. The zero-order valence-electron chi connectivity index (χ0n) is 13.9. The SMILES string of the molecule is Cc1cc(Nc2ccc(C)c(Br)c2)nc(N2CCC(C)CC2)n1. The summed E-state index contributed by atoms with van der Waals surface area (Å²) >= 11 is 3.58. The molecule has 1 aromatic heterocycles. The minimum absolute atomic E-state index is 0.804. The number of hydrogen-bond acceptors (Lipinski definition) is 4. The van der Waals surface area contributed by atoms with Gasteiger partial charge in [-0.3, -0.25) is 0 Å². The first-order valence-corrected chi connectivity index (χ1v) is 8.94. The lowest BCUT2D eigenvalue weighted by atomic mass is 10.00. The molecule has 1 aromatic carbocycles. The Kier molecular flexibility index (Phi) is 4.85. The van der Waals surface area contributed by atoms with E-state index in [1.165, 1.54) is 18.4 Å². The Bertz CT molecular complexity index is 693. The molecule has 122 valence electrons. The van der Waals surface area contributed by atoms with E-state index in [9.17, 15) is 0 Å². The number of nitrogens with zero attached hydrogens (tertiary/aromatic N) is 3. The summed E-state index contributed by atoms with van der Waals surface area (Å²) in [6.45, 7) is 8.50. The highest BCUT2D eigenvalue weighted by Crippen LogP contribution is 2.25. The van der Waals surface area contributed by atoms with Crippen molar-refractivity contribution in [3.05, 3.63) is 40.0 Å². The number of halogens is 1. The Hall–Kier alpha value is -1.62. The molecule has 0 spiro atoms. The summed E-state index contributed by atoms with van der Waals surface area (Å²) in [5.41, 5.74) is 3.23. The van der Waals surface area contributed by atoms with Crippen molar-refractivity contribution in [2.45, 2.75) is 33.6 Å². The predicted octanol–water partition coefficient (Wildman–Crippen LogP) is 4.84. The van der Waals surface area contributed by atoms with Crippen molar-refractivity contribution in [2.75, 3.05) is 23.3 Å². The fraction of sp³-hybridized carbons (Fsp3) is 0.444. The van der Waals surface area contributed by atoms with Gasteiger partial charge in [-0.1, -0.05) is 28.9 Å². The summed E-state index contributed by atoms with van der Waals surface area (Å²) in [7, 11) is 0. The van der Waals surface area contributed by atoms with E-state index in [0.717, 1.165) is 46.6 Å². The van der Waals surface area contributed by atoms with Crippen LogP contribution in [-0.4, -0.2) is 23.1 Å². The van der Waals surface area contributed by atoms with Crippen LogP contribution < -0.4 is 10.2 Å². The number of nitrogens with one attached hydrogen (secondary N) is 1. The lowest BCUT2D eigenvalue weighted by Gasteiger charge is -2.30. The molecular weight excluding hydrogens is 352 g/mol. The number of aryl methyl sites for hydroxylation is 2. The van der Waals surface area contributed by atoms with E-state index in [1.807, 2.05) is 13.0 Å². The summed E-state index contributed by atoms with van der Waals surface area (Å²) in [5.74, 6) is 2.49. The van der Waals surface area contributed by atoms with E-state index >= 15 is 0 Å². The second-order valence-corrected chi connectivity index (χ2v) is 7.31. The molecule has 0 bridgehead atoms. The van der Waals surface area contributed by atoms with Gasteiger partial charge in [0.15, 0.2) is 0 Å². The van der Waals surface area contributed by atoms with Crippen LogP contribution in [0.5, 0.6) is 0 Å². The van der Waals surface area contributed by atoms with Gasteiger partial charge in [-0.05, 0) is 50.3 Å². The molecule has 1 aliphatic rings. The fourth-order valence-electron chi connectivity index (χ4n) is 2.79. The van der Waals surface area contributed by atoms with Crippen molar-refractivity contribution < 1.29 is 0 Å². The fourth-order valence-corrected chi connectivity index (χ4v) is 3.16. The van der Waals surface area contributed by atoms with E-state index in [2.05, 4.69) is 63.2 Å². The van der Waals surface area contributed by atoms with Crippen LogP contribution in [0.4, 0.5) is 17.5 Å². The number of hydrogen-bond donors (Lipinski definition) is 1. The van der Waals surface area contributed by atoms with Gasteiger partial charge in [-0.25, -0.2) is 4.98 Å². The van der Waals surface area contributed by atoms with Crippen molar-refractivity contribution >= 4 is 33.4 Å². The van der Waals surface area contributed by atoms with Crippen LogP contribution in [0, 0.1) is 19.8 Å². The highest BCUT2D eigenvalue weighted by molar-refractivity contribution is 9.10. The van der Waals surface area contributed by atoms with Crippen molar-refractivity contribution in [3.63, 3.8) is 0 Å². The van der Waals surface area contributed by atoms with E-state index in [-0.39, 0.29) is 0 Å². The molecule has 1 aliphatic heterocycles. The number of aromatic nitrogens is 2. The first-order valence-electron chi connectivity index (χ1n) is 8.15. The standard InChI is InChI=1S/C18H23BrN4/c1-12-6-8-23(9-7-12)18-20-14(3)10-17(22-18)21-15-5-4-13(2)16(19)11-15/h4-5,10-12H,6-9H2,1-3H3,(H,20,21,22). The monoisotopic (exact) mass is 374 g/mol. The average molecular weight is 375 g/mol. The van der Waals surface area contributed by atoms with Crippen molar-refractivity contribution in [3.8, 4) is 0 Å². The minimum atomic E-state index is 0.804. The molecule has 1 saturated heterocycles. The van der Waals surface area contributed by atoms with Crippen LogP contribution in [0.1, 0.15) is 31.0 Å². The second kappa shape index (κ2) is 6.87. The van der Waals surface area contributed by atoms with E-state index < -0.39 is 0 Å². The van der Waals surface area contributed by atoms with Gasteiger partial charge in [0.2, 0.25) is 5.95 Å². The van der Waals surface area contributed by atoms with Gasteiger partial charge in [0, 0.05) is 35.0 Å². The quantitative estimate of drug-likeness (QED) is 0.834. The number of piperidine rings is 1. The number of anilines is 3. The molecule has 0 atom stereocenters. The third kappa shape index (κ3) is 4.02. The van der Waals surface area contributed by atoms with Crippen molar-refractivity contribution in [2.24, 2.45) is 5.92 Å². The average Bonchev–Trinajstić information content (AvgIpc) is 2.51. The molecule has 1 fully saturated rings. The van der Waals surface area contributed by atoms with Crippen LogP contribution >= 0.6 is 15.9 Å². The first-order chi connectivity index (χ1) is 11.0. The van der Waals surface area contributed by atoms with Crippen LogP contribution in [0.25, 0.3) is 0 Å². The van der Waals surface area contributed by atoms with E-state index in [0.29, 0.717) is 0 Å². The molecule has 1 N–H and O–H groups in total. The zero-order chi connectivity index (χ0) is 16.4. The van der Waals surface area contributed by atoms with Gasteiger partial charge in [-0.2, -0.15) is 4.98 Å². The van der Waals surface area contributed by atoms with E-state index in [4.69, 9.17) is 4.98 Å². The Morgan fingerprint density at radius 2 is 1.87 bits per heavy atom. The van der Waals surface area contributed by atoms with Crippen LogP contribution in [-0.2, 0) is 0 Å². The Morgan fingerprint density at radius 1 is 1.13 bits per heavy atom. The van der Waals surface area contributed by atoms with E-state index in [1.54, 1.807) is 0 Å². The predicted molar refractivity (Wildman–Crippen MR) is 99.5 cm³/mol. The molecule has 0 amide bonds.